The fourth-order valence-electron chi connectivity index (χ4n) is 1.59. The largest absolute Gasteiger partial charge is 0.375 e. The lowest BCUT2D eigenvalue weighted by Crippen LogP contribution is -2.25. The van der Waals surface area contributed by atoms with Gasteiger partial charge < -0.3 is 11.1 Å². The summed E-state index contributed by atoms with van der Waals surface area (Å²) >= 11 is 1.27. The van der Waals surface area contributed by atoms with E-state index in [1.807, 2.05) is 13.1 Å². The second-order valence-corrected chi connectivity index (χ2v) is 4.84. The van der Waals surface area contributed by atoms with Crippen LogP contribution in [0, 0.1) is 6.92 Å². The standard InChI is InChI=1S/C11H15N5OS/c1-7-8(5-14-16-7)3-2-4-13-10(17)9-6-18-11(12)15-9/h5-6H,2-4H2,1H3,(H2,12,15)(H,13,17)(H,14,16). The first-order valence-electron chi connectivity index (χ1n) is 5.65. The van der Waals surface area contributed by atoms with Crippen molar-refractivity contribution in [2.45, 2.75) is 19.8 Å². The smallest absolute Gasteiger partial charge is 0.270 e. The minimum atomic E-state index is -0.174. The molecule has 4 N–H and O–H groups in total. The van der Waals surface area contributed by atoms with Gasteiger partial charge in [-0.3, -0.25) is 9.89 Å². The molecule has 18 heavy (non-hydrogen) atoms. The molecule has 0 fully saturated rings. The van der Waals surface area contributed by atoms with Crippen molar-refractivity contribution in [1.82, 2.24) is 20.5 Å². The van der Waals surface area contributed by atoms with E-state index in [2.05, 4.69) is 20.5 Å². The summed E-state index contributed by atoms with van der Waals surface area (Å²) < 4.78 is 0. The molecular formula is C11H15N5OS. The molecule has 0 unspecified atom stereocenters. The van der Waals surface area contributed by atoms with Crippen LogP contribution < -0.4 is 11.1 Å². The predicted octanol–water partition coefficient (Wildman–Crippen LogP) is 1.12. The number of carbonyl (C=O) groups is 1. The van der Waals surface area contributed by atoms with Gasteiger partial charge in [0.1, 0.15) is 5.69 Å². The minimum absolute atomic E-state index is 0.174. The molecule has 0 aliphatic heterocycles. The number of thiazole rings is 1. The Bertz CT molecular complexity index is 533. The van der Waals surface area contributed by atoms with Gasteiger partial charge in [0.05, 0.1) is 6.20 Å². The third kappa shape index (κ3) is 3.07. The first-order chi connectivity index (χ1) is 8.66. The summed E-state index contributed by atoms with van der Waals surface area (Å²) in [4.78, 5) is 15.6. The summed E-state index contributed by atoms with van der Waals surface area (Å²) in [5.74, 6) is -0.174. The first kappa shape index (κ1) is 12.6. The molecule has 0 radical (unpaired) electrons. The number of nitrogens with one attached hydrogen (secondary N) is 2. The predicted molar refractivity (Wildman–Crippen MR) is 70.5 cm³/mol. The van der Waals surface area contributed by atoms with E-state index in [-0.39, 0.29) is 5.91 Å². The fourth-order valence-corrected chi connectivity index (χ4v) is 2.13. The van der Waals surface area contributed by atoms with E-state index >= 15 is 0 Å². The zero-order valence-corrected chi connectivity index (χ0v) is 10.9. The molecule has 0 aliphatic carbocycles. The number of aromatic nitrogens is 3. The molecule has 0 bridgehead atoms. The lowest BCUT2D eigenvalue weighted by Gasteiger charge is -2.02. The maximum absolute atomic E-state index is 11.6. The Morgan fingerprint density at radius 3 is 3.06 bits per heavy atom. The molecule has 2 aromatic rings. The van der Waals surface area contributed by atoms with Crippen molar-refractivity contribution < 1.29 is 4.79 Å². The molecule has 0 atom stereocenters. The Balaban J connectivity index is 1.73. The number of amides is 1. The van der Waals surface area contributed by atoms with Crippen LogP contribution in [0.15, 0.2) is 11.6 Å². The Kier molecular flexibility index (Phi) is 3.93. The Morgan fingerprint density at radius 1 is 1.61 bits per heavy atom. The number of nitrogens with two attached hydrogens (primary N) is 1. The van der Waals surface area contributed by atoms with Gasteiger partial charge in [-0.25, -0.2) is 4.98 Å². The normalized spacial score (nSPS) is 10.5. The summed E-state index contributed by atoms with van der Waals surface area (Å²) in [5.41, 5.74) is 8.12. The van der Waals surface area contributed by atoms with Gasteiger partial charge in [-0.05, 0) is 25.3 Å². The second kappa shape index (κ2) is 5.63. The van der Waals surface area contributed by atoms with Crippen LogP contribution in [0.1, 0.15) is 28.2 Å². The minimum Gasteiger partial charge on any atom is -0.375 e. The quantitative estimate of drug-likeness (QED) is 0.706. The Labute approximate surface area is 109 Å². The number of carbonyl (C=O) groups excluding carboxylic acids is 1. The first-order valence-corrected chi connectivity index (χ1v) is 6.53. The molecule has 0 spiro atoms. The highest BCUT2D eigenvalue weighted by Crippen LogP contribution is 2.10. The van der Waals surface area contributed by atoms with Crippen molar-refractivity contribution in [1.29, 1.82) is 0 Å². The van der Waals surface area contributed by atoms with Gasteiger partial charge >= 0.3 is 0 Å². The topological polar surface area (TPSA) is 96.7 Å². The van der Waals surface area contributed by atoms with Crippen molar-refractivity contribution >= 4 is 22.4 Å². The third-order valence-corrected chi connectivity index (χ3v) is 3.27. The number of H-pyrrole nitrogens is 1. The zero-order chi connectivity index (χ0) is 13.0. The summed E-state index contributed by atoms with van der Waals surface area (Å²) in [7, 11) is 0. The summed E-state index contributed by atoms with van der Waals surface area (Å²) in [6.07, 6.45) is 3.58. The van der Waals surface area contributed by atoms with Gasteiger partial charge in [0, 0.05) is 17.6 Å². The van der Waals surface area contributed by atoms with Crippen LogP contribution in [0.25, 0.3) is 0 Å². The van der Waals surface area contributed by atoms with E-state index in [0.717, 1.165) is 18.5 Å². The molecular weight excluding hydrogens is 250 g/mol. The summed E-state index contributed by atoms with van der Waals surface area (Å²) in [6.45, 7) is 2.60. The van der Waals surface area contributed by atoms with E-state index in [1.54, 1.807) is 5.38 Å². The van der Waals surface area contributed by atoms with Crippen LogP contribution >= 0.6 is 11.3 Å². The van der Waals surface area contributed by atoms with Crippen molar-refractivity contribution in [3.63, 3.8) is 0 Å². The van der Waals surface area contributed by atoms with Crippen LogP contribution in [0.3, 0.4) is 0 Å². The van der Waals surface area contributed by atoms with Gasteiger partial charge in [-0.2, -0.15) is 5.10 Å². The van der Waals surface area contributed by atoms with E-state index < -0.39 is 0 Å². The average molecular weight is 265 g/mol. The molecule has 0 aromatic carbocycles. The summed E-state index contributed by atoms with van der Waals surface area (Å²) in [5, 5.41) is 11.7. The third-order valence-electron chi connectivity index (χ3n) is 2.60. The molecule has 0 aliphatic rings. The Morgan fingerprint density at radius 2 is 2.44 bits per heavy atom. The van der Waals surface area contributed by atoms with Crippen molar-refractivity contribution in [2.24, 2.45) is 0 Å². The van der Waals surface area contributed by atoms with Gasteiger partial charge in [0.15, 0.2) is 5.13 Å². The van der Waals surface area contributed by atoms with Crippen LogP contribution in [0.2, 0.25) is 0 Å². The van der Waals surface area contributed by atoms with Crippen molar-refractivity contribution in [2.75, 3.05) is 12.3 Å². The number of hydrogen-bond acceptors (Lipinski definition) is 5. The van der Waals surface area contributed by atoms with E-state index in [0.29, 0.717) is 17.4 Å². The number of anilines is 1. The molecule has 2 rings (SSSR count). The molecule has 96 valence electrons. The fraction of sp³-hybridized carbons (Fsp3) is 0.364. The lowest BCUT2D eigenvalue weighted by molar-refractivity contribution is 0.0949. The molecule has 6 nitrogen and oxygen atoms in total. The number of aryl methyl sites for hydroxylation is 2. The maximum atomic E-state index is 11.6. The second-order valence-electron chi connectivity index (χ2n) is 3.95. The zero-order valence-electron chi connectivity index (χ0n) is 10.1. The van der Waals surface area contributed by atoms with Gasteiger partial charge in [0.25, 0.3) is 5.91 Å². The number of nitrogen functional groups attached to an aromatic ring is 1. The maximum Gasteiger partial charge on any atom is 0.270 e. The van der Waals surface area contributed by atoms with Gasteiger partial charge in [0.2, 0.25) is 0 Å². The number of nitrogens with zero attached hydrogens (tertiary/aromatic N) is 2. The average Bonchev–Trinajstić information content (AvgIpc) is 2.94. The molecule has 2 heterocycles. The Hall–Kier alpha value is -1.89. The van der Waals surface area contributed by atoms with Crippen molar-refractivity contribution in [3.8, 4) is 0 Å². The van der Waals surface area contributed by atoms with Crippen LogP contribution in [0.4, 0.5) is 5.13 Å². The number of rotatable bonds is 5. The van der Waals surface area contributed by atoms with Crippen LogP contribution in [-0.4, -0.2) is 27.6 Å². The molecule has 2 aromatic heterocycles. The van der Waals surface area contributed by atoms with Crippen LogP contribution in [0.5, 0.6) is 0 Å². The van der Waals surface area contributed by atoms with Crippen molar-refractivity contribution in [3.05, 3.63) is 28.5 Å². The lowest BCUT2D eigenvalue weighted by atomic mass is 10.1. The monoisotopic (exact) mass is 265 g/mol. The highest BCUT2D eigenvalue weighted by Gasteiger charge is 2.08. The molecule has 1 amide bonds. The van der Waals surface area contributed by atoms with Gasteiger partial charge in [-0.15, -0.1) is 11.3 Å². The SMILES string of the molecule is Cc1[nH]ncc1CCCNC(=O)c1csc(N)n1. The highest BCUT2D eigenvalue weighted by atomic mass is 32.1. The molecule has 7 heteroatoms. The number of hydrogen-bond donors (Lipinski definition) is 3. The molecule has 0 saturated carbocycles. The molecule has 0 saturated heterocycles. The highest BCUT2D eigenvalue weighted by molar-refractivity contribution is 7.13. The van der Waals surface area contributed by atoms with Gasteiger partial charge in [-0.1, -0.05) is 0 Å². The van der Waals surface area contributed by atoms with E-state index in [4.69, 9.17) is 5.73 Å². The van der Waals surface area contributed by atoms with Crippen LogP contribution in [-0.2, 0) is 6.42 Å². The van der Waals surface area contributed by atoms with E-state index in [9.17, 15) is 4.79 Å². The number of aromatic amines is 1. The van der Waals surface area contributed by atoms with E-state index in [1.165, 1.54) is 16.9 Å². The summed E-state index contributed by atoms with van der Waals surface area (Å²) in [6, 6.07) is 0.